The van der Waals surface area contributed by atoms with E-state index in [0.717, 1.165) is 11.1 Å². The Morgan fingerprint density at radius 1 is 1.13 bits per heavy atom. The summed E-state index contributed by atoms with van der Waals surface area (Å²) in [6, 6.07) is 16.8. The molecule has 0 aliphatic carbocycles. The summed E-state index contributed by atoms with van der Waals surface area (Å²) in [5.74, 6) is -0.538. The number of hydrogen-bond acceptors (Lipinski definition) is 3. The van der Waals surface area contributed by atoms with Crippen LogP contribution >= 0.6 is 0 Å². The Morgan fingerprint density at radius 2 is 1.83 bits per heavy atom. The van der Waals surface area contributed by atoms with Crippen molar-refractivity contribution in [3.8, 4) is 11.3 Å². The molecule has 1 aromatic heterocycles. The summed E-state index contributed by atoms with van der Waals surface area (Å²) in [7, 11) is 0. The van der Waals surface area contributed by atoms with Gasteiger partial charge in [0.15, 0.2) is 0 Å². The minimum absolute atomic E-state index is 0.137. The molecule has 0 saturated carbocycles. The zero-order chi connectivity index (χ0) is 16.2. The zero-order valence-electron chi connectivity index (χ0n) is 12.5. The van der Waals surface area contributed by atoms with Crippen LogP contribution in [0.3, 0.4) is 0 Å². The van der Waals surface area contributed by atoms with Gasteiger partial charge in [-0.05, 0) is 24.6 Å². The third-order valence-corrected chi connectivity index (χ3v) is 3.52. The van der Waals surface area contributed by atoms with Crippen LogP contribution in [0.4, 0.5) is 4.39 Å². The molecule has 2 aromatic carbocycles. The lowest BCUT2D eigenvalue weighted by molar-refractivity contribution is 0.0902. The molecule has 0 saturated heterocycles. The van der Waals surface area contributed by atoms with Crippen LogP contribution in [-0.2, 0) is 0 Å². The lowest BCUT2D eigenvalue weighted by Crippen LogP contribution is -2.26. The smallest absolute Gasteiger partial charge is 0.290 e. The fraction of sp³-hybridized carbons (Fsp3) is 0.111. The van der Waals surface area contributed by atoms with Gasteiger partial charge in [-0.25, -0.2) is 4.39 Å². The van der Waals surface area contributed by atoms with Crippen LogP contribution < -0.4 is 5.32 Å². The number of halogens is 1. The third-order valence-electron chi connectivity index (χ3n) is 3.52. The first kappa shape index (κ1) is 15.0. The van der Waals surface area contributed by atoms with E-state index in [9.17, 15) is 9.18 Å². The second-order valence-electron chi connectivity index (χ2n) is 5.19. The number of nitrogens with zero attached hydrogens (tertiary/aromatic N) is 1. The summed E-state index contributed by atoms with van der Waals surface area (Å²) in [5.41, 5.74) is 2.29. The molecule has 0 unspecified atom stereocenters. The van der Waals surface area contributed by atoms with Gasteiger partial charge < -0.3 is 9.84 Å². The second kappa shape index (κ2) is 6.44. The predicted octanol–water partition coefficient (Wildman–Crippen LogP) is 3.97. The lowest BCUT2D eigenvalue weighted by Gasteiger charge is -2.12. The highest BCUT2D eigenvalue weighted by Crippen LogP contribution is 2.19. The van der Waals surface area contributed by atoms with Crippen LogP contribution in [0, 0.1) is 5.82 Å². The summed E-state index contributed by atoms with van der Waals surface area (Å²) in [6.45, 7) is 1.82. The quantitative estimate of drug-likeness (QED) is 0.793. The Kier molecular flexibility index (Phi) is 4.19. The zero-order valence-corrected chi connectivity index (χ0v) is 12.5. The van der Waals surface area contributed by atoms with E-state index in [-0.39, 0.29) is 23.5 Å². The molecule has 4 nitrogen and oxygen atoms in total. The fourth-order valence-corrected chi connectivity index (χ4v) is 2.23. The van der Waals surface area contributed by atoms with Crippen molar-refractivity contribution in [2.24, 2.45) is 0 Å². The predicted molar refractivity (Wildman–Crippen MR) is 84.2 cm³/mol. The van der Waals surface area contributed by atoms with Crippen molar-refractivity contribution in [1.82, 2.24) is 10.5 Å². The number of nitrogens with one attached hydrogen (secondary N) is 1. The van der Waals surface area contributed by atoms with E-state index in [1.165, 1.54) is 12.1 Å². The van der Waals surface area contributed by atoms with Gasteiger partial charge in [-0.3, -0.25) is 4.79 Å². The number of amides is 1. The summed E-state index contributed by atoms with van der Waals surface area (Å²) in [4.78, 5) is 12.2. The van der Waals surface area contributed by atoms with Crippen LogP contribution in [0.5, 0.6) is 0 Å². The fourth-order valence-electron chi connectivity index (χ4n) is 2.23. The summed E-state index contributed by atoms with van der Waals surface area (Å²) < 4.78 is 18.0. The number of benzene rings is 2. The Bertz CT molecular complexity index is 797. The highest BCUT2D eigenvalue weighted by atomic mass is 19.1. The normalized spacial score (nSPS) is 11.9. The van der Waals surface area contributed by atoms with Crippen molar-refractivity contribution in [3.63, 3.8) is 0 Å². The first-order chi connectivity index (χ1) is 11.1. The molecule has 0 fully saturated rings. The SMILES string of the molecule is C[C@@H](NC(=O)c1cc(-c2ccccc2)no1)c1ccc(F)cc1. The first-order valence-corrected chi connectivity index (χ1v) is 7.22. The average molecular weight is 310 g/mol. The minimum atomic E-state index is -0.364. The molecule has 1 heterocycles. The van der Waals surface area contributed by atoms with Gasteiger partial charge in [-0.1, -0.05) is 47.6 Å². The van der Waals surface area contributed by atoms with E-state index in [2.05, 4.69) is 10.5 Å². The summed E-state index contributed by atoms with van der Waals surface area (Å²) >= 11 is 0. The van der Waals surface area contributed by atoms with Gasteiger partial charge in [0.2, 0.25) is 5.76 Å². The summed E-state index contributed by atoms with van der Waals surface area (Å²) in [6.07, 6.45) is 0. The number of aromatic nitrogens is 1. The van der Waals surface area contributed by atoms with E-state index < -0.39 is 0 Å². The van der Waals surface area contributed by atoms with Crippen molar-refractivity contribution in [2.75, 3.05) is 0 Å². The largest absolute Gasteiger partial charge is 0.350 e. The Balaban J connectivity index is 1.71. The van der Waals surface area contributed by atoms with Crippen molar-refractivity contribution >= 4 is 5.91 Å². The monoisotopic (exact) mass is 310 g/mol. The number of carbonyl (C=O) groups is 1. The maximum absolute atomic E-state index is 12.9. The van der Waals surface area contributed by atoms with Crippen LogP contribution in [0.25, 0.3) is 11.3 Å². The molecule has 23 heavy (non-hydrogen) atoms. The first-order valence-electron chi connectivity index (χ1n) is 7.22. The molecule has 0 aliphatic heterocycles. The Labute approximate surface area is 132 Å². The van der Waals surface area contributed by atoms with Gasteiger partial charge in [-0.2, -0.15) is 0 Å². The van der Waals surface area contributed by atoms with Gasteiger partial charge in [0.05, 0.1) is 6.04 Å². The van der Waals surface area contributed by atoms with E-state index in [1.54, 1.807) is 18.2 Å². The van der Waals surface area contributed by atoms with E-state index in [1.807, 2.05) is 37.3 Å². The molecule has 1 amide bonds. The molecule has 0 radical (unpaired) electrons. The molecule has 5 heteroatoms. The highest BCUT2D eigenvalue weighted by molar-refractivity contribution is 5.92. The van der Waals surface area contributed by atoms with Gasteiger partial charge in [-0.15, -0.1) is 0 Å². The summed E-state index contributed by atoms with van der Waals surface area (Å²) in [5, 5.41) is 6.72. The molecule has 0 aliphatic rings. The number of carbonyl (C=O) groups excluding carboxylic acids is 1. The molecule has 116 valence electrons. The Morgan fingerprint density at radius 3 is 2.52 bits per heavy atom. The van der Waals surface area contributed by atoms with E-state index in [4.69, 9.17) is 4.52 Å². The standard InChI is InChI=1S/C18H15FN2O2/c1-12(13-7-9-15(19)10-8-13)20-18(22)17-11-16(21-23-17)14-5-3-2-4-6-14/h2-12H,1H3,(H,20,22)/t12-/m1/s1. The van der Waals surface area contributed by atoms with E-state index >= 15 is 0 Å². The van der Waals surface area contributed by atoms with Crippen molar-refractivity contribution in [2.45, 2.75) is 13.0 Å². The Hall–Kier alpha value is -2.95. The molecular formula is C18H15FN2O2. The lowest BCUT2D eigenvalue weighted by atomic mass is 10.1. The number of hydrogen-bond donors (Lipinski definition) is 1. The molecule has 3 aromatic rings. The molecular weight excluding hydrogens is 295 g/mol. The van der Waals surface area contributed by atoms with Crippen LogP contribution in [-0.4, -0.2) is 11.1 Å². The van der Waals surface area contributed by atoms with Gasteiger partial charge in [0.25, 0.3) is 5.91 Å². The van der Waals surface area contributed by atoms with Gasteiger partial charge in [0, 0.05) is 11.6 Å². The maximum Gasteiger partial charge on any atom is 0.290 e. The molecule has 1 N–H and O–H groups in total. The average Bonchev–Trinajstić information content (AvgIpc) is 3.06. The van der Waals surface area contributed by atoms with Crippen molar-refractivity contribution in [1.29, 1.82) is 0 Å². The topological polar surface area (TPSA) is 55.1 Å². The molecule has 0 bridgehead atoms. The van der Waals surface area contributed by atoms with Crippen molar-refractivity contribution < 1.29 is 13.7 Å². The van der Waals surface area contributed by atoms with Gasteiger partial charge >= 0.3 is 0 Å². The molecule has 3 rings (SSSR count). The molecule has 1 atom stereocenters. The van der Waals surface area contributed by atoms with Crippen LogP contribution in [0.15, 0.2) is 65.2 Å². The van der Waals surface area contributed by atoms with Gasteiger partial charge in [0.1, 0.15) is 11.5 Å². The molecule has 0 spiro atoms. The third kappa shape index (κ3) is 3.45. The van der Waals surface area contributed by atoms with Crippen LogP contribution in [0.1, 0.15) is 29.1 Å². The maximum atomic E-state index is 12.9. The van der Waals surface area contributed by atoms with E-state index in [0.29, 0.717) is 5.69 Å². The van der Waals surface area contributed by atoms with Crippen molar-refractivity contribution in [3.05, 3.63) is 77.8 Å². The highest BCUT2D eigenvalue weighted by Gasteiger charge is 2.17. The minimum Gasteiger partial charge on any atom is -0.350 e. The number of rotatable bonds is 4. The van der Waals surface area contributed by atoms with Crippen LogP contribution in [0.2, 0.25) is 0 Å². The second-order valence-corrected chi connectivity index (χ2v) is 5.19.